The third-order valence-corrected chi connectivity index (χ3v) is 3.03. The van der Waals surface area contributed by atoms with Crippen molar-refractivity contribution in [2.45, 2.75) is 13.5 Å². The SMILES string of the molecule is Cc1c(CNc2c(F)cc([N+](=O)[O-])cc2F)cnn1C. The van der Waals surface area contributed by atoms with Crippen molar-refractivity contribution >= 4 is 11.4 Å². The molecule has 1 N–H and O–H groups in total. The molecule has 0 saturated heterocycles. The number of rotatable bonds is 4. The first-order valence-corrected chi connectivity index (χ1v) is 5.75. The predicted molar refractivity (Wildman–Crippen MR) is 68.3 cm³/mol. The maximum absolute atomic E-state index is 13.7. The molecule has 0 spiro atoms. The number of nitro groups is 1. The average molecular weight is 282 g/mol. The normalized spacial score (nSPS) is 10.6. The molecule has 0 fully saturated rings. The molecule has 2 aromatic rings. The van der Waals surface area contributed by atoms with E-state index in [1.165, 1.54) is 0 Å². The summed E-state index contributed by atoms with van der Waals surface area (Å²) < 4.78 is 28.9. The van der Waals surface area contributed by atoms with E-state index in [1.807, 2.05) is 6.92 Å². The second kappa shape index (κ2) is 5.24. The van der Waals surface area contributed by atoms with Crippen LogP contribution in [0.15, 0.2) is 18.3 Å². The van der Waals surface area contributed by atoms with Gasteiger partial charge in [-0.3, -0.25) is 14.8 Å². The number of nitro benzene ring substituents is 1. The van der Waals surface area contributed by atoms with E-state index in [2.05, 4.69) is 10.4 Å². The third kappa shape index (κ3) is 2.58. The van der Waals surface area contributed by atoms with Crippen LogP contribution in [0, 0.1) is 28.7 Å². The number of benzene rings is 1. The first-order valence-electron chi connectivity index (χ1n) is 5.75. The van der Waals surface area contributed by atoms with Crippen molar-refractivity contribution in [1.82, 2.24) is 9.78 Å². The fraction of sp³-hybridized carbons (Fsp3) is 0.250. The summed E-state index contributed by atoms with van der Waals surface area (Å²) in [5, 5.41) is 17.1. The molecule has 0 bridgehead atoms. The Hall–Kier alpha value is -2.51. The van der Waals surface area contributed by atoms with Gasteiger partial charge in [0, 0.05) is 24.8 Å². The van der Waals surface area contributed by atoms with Crippen LogP contribution < -0.4 is 5.32 Å². The minimum atomic E-state index is -1.00. The first-order chi connectivity index (χ1) is 9.40. The highest BCUT2D eigenvalue weighted by atomic mass is 19.1. The smallest absolute Gasteiger partial charge is 0.275 e. The first kappa shape index (κ1) is 13.9. The lowest BCUT2D eigenvalue weighted by Crippen LogP contribution is -2.06. The van der Waals surface area contributed by atoms with Gasteiger partial charge in [-0.2, -0.15) is 5.10 Å². The summed E-state index contributed by atoms with van der Waals surface area (Å²) in [7, 11) is 1.76. The summed E-state index contributed by atoms with van der Waals surface area (Å²) in [6.45, 7) is 2.00. The number of nitrogens with zero attached hydrogens (tertiary/aromatic N) is 3. The Morgan fingerprint density at radius 2 is 2.00 bits per heavy atom. The summed E-state index contributed by atoms with van der Waals surface area (Å²) in [6.07, 6.45) is 1.59. The van der Waals surface area contributed by atoms with Gasteiger partial charge in [0.05, 0.1) is 23.3 Å². The lowest BCUT2D eigenvalue weighted by Gasteiger charge is -2.08. The van der Waals surface area contributed by atoms with Crippen molar-refractivity contribution in [3.63, 3.8) is 0 Å². The Balaban J connectivity index is 2.22. The summed E-state index contributed by atoms with van der Waals surface area (Å²) in [5.41, 5.74) is 0.631. The quantitative estimate of drug-likeness (QED) is 0.690. The van der Waals surface area contributed by atoms with Crippen LogP contribution in [0.5, 0.6) is 0 Å². The Kier molecular flexibility index (Phi) is 3.64. The maximum atomic E-state index is 13.7. The van der Waals surface area contributed by atoms with Crippen LogP contribution in [0.2, 0.25) is 0 Å². The van der Waals surface area contributed by atoms with E-state index in [0.717, 1.165) is 11.3 Å². The van der Waals surface area contributed by atoms with Gasteiger partial charge in [0.25, 0.3) is 5.69 Å². The van der Waals surface area contributed by atoms with E-state index in [9.17, 15) is 18.9 Å². The molecule has 0 amide bonds. The molecule has 1 aromatic heterocycles. The molecule has 20 heavy (non-hydrogen) atoms. The molecule has 1 aromatic carbocycles. The molecular formula is C12H12F2N4O2. The van der Waals surface area contributed by atoms with Gasteiger partial charge in [0.15, 0.2) is 11.6 Å². The van der Waals surface area contributed by atoms with Gasteiger partial charge >= 0.3 is 0 Å². The Morgan fingerprint density at radius 3 is 2.45 bits per heavy atom. The molecule has 0 aliphatic heterocycles. The molecule has 2 rings (SSSR count). The van der Waals surface area contributed by atoms with Gasteiger partial charge in [-0.15, -0.1) is 0 Å². The van der Waals surface area contributed by atoms with Crippen molar-refractivity contribution in [3.05, 3.63) is 51.3 Å². The summed E-state index contributed by atoms with van der Waals surface area (Å²) in [6, 6.07) is 1.36. The minimum absolute atomic E-state index is 0.172. The van der Waals surface area contributed by atoms with Crippen LogP contribution in [-0.2, 0) is 13.6 Å². The molecule has 0 radical (unpaired) electrons. The van der Waals surface area contributed by atoms with Crippen molar-refractivity contribution in [2.24, 2.45) is 7.05 Å². The van der Waals surface area contributed by atoms with Crippen molar-refractivity contribution < 1.29 is 13.7 Å². The monoisotopic (exact) mass is 282 g/mol. The molecular weight excluding hydrogens is 270 g/mol. The molecule has 8 heteroatoms. The fourth-order valence-electron chi connectivity index (χ4n) is 1.74. The lowest BCUT2D eigenvalue weighted by atomic mass is 10.2. The molecule has 0 atom stereocenters. The maximum Gasteiger partial charge on any atom is 0.275 e. The van der Waals surface area contributed by atoms with Crippen LogP contribution in [0.1, 0.15) is 11.3 Å². The van der Waals surface area contributed by atoms with E-state index in [-0.39, 0.29) is 12.2 Å². The van der Waals surface area contributed by atoms with Gasteiger partial charge in [0.2, 0.25) is 0 Å². The molecule has 0 aliphatic rings. The van der Waals surface area contributed by atoms with Crippen LogP contribution in [0.25, 0.3) is 0 Å². The Morgan fingerprint density at radius 1 is 1.40 bits per heavy atom. The second-order valence-electron chi connectivity index (χ2n) is 4.27. The van der Waals surface area contributed by atoms with E-state index >= 15 is 0 Å². The standard InChI is InChI=1S/C12H12F2N4O2/c1-7-8(6-16-17(7)2)5-15-12-10(13)3-9(18(19)20)4-11(12)14/h3-4,6,15H,5H2,1-2H3. The number of nitrogens with one attached hydrogen (secondary N) is 1. The van der Waals surface area contributed by atoms with Gasteiger partial charge in [-0.05, 0) is 6.92 Å². The van der Waals surface area contributed by atoms with Crippen molar-refractivity contribution in [2.75, 3.05) is 5.32 Å². The number of aryl methyl sites for hydroxylation is 1. The van der Waals surface area contributed by atoms with E-state index in [4.69, 9.17) is 0 Å². The van der Waals surface area contributed by atoms with Gasteiger partial charge in [-0.25, -0.2) is 8.78 Å². The number of anilines is 1. The number of hydrogen-bond acceptors (Lipinski definition) is 4. The number of halogens is 2. The third-order valence-electron chi connectivity index (χ3n) is 3.03. The van der Waals surface area contributed by atoms with E-state index in [0.29, 0.717) is 12.1 Å². The fourth-order valence-corrected chi connectivity index (χ4v) is 1.74. The Bertz CT molecular complexity index is 646. The van der Waals surface area contributed by atoms with E-state index in [1.54, 1.807) is 17.9 Å². The zero-order chi connectivity index (χ0) is 14.9. The summed E-state index contributed by atoms with van der Waals surface area (Å²) >= 11 is 0. The zero-order valence-electron chi connectivity index (χ0n) is 10.9. The molecule has 106 valence electrons. The van der Waals surface area contributed by atoms with Crippen LogP contribution in [0.4, 0.5) is 20.2 Å². The van der Waals surface area contributed by atoms with E-state index < -0.39 is 22.2 Å². The largest absolute Gasteiger partial charge is 0.376 e. The summed E-state index contributed by atoms with van der Waals surface area (Å²) in [5.74, 6) is -2.00. The summed E-state index contributed by atoms with van der Waals surface area (Å²) in [4.78, 5) is 9.64. The second-order valence-corrected chi connectivity index (χ2v) is 4.27. The molecule has 6 nitrogen and oxygen atoms in total. The predicted octanol–water partition coefficient (Wildman–Crippen LogP) is 2.53. The highest BCUT2D eigenvalue weighted by molar-refractivity contribution is 5.52. The minimum Gasteiger partial charge on any atom is -0.376 e. The molecule has 0 aliphatic carbocycles. The molecule has 0 unspecified atom stereocenters. The molecule has 0 saturated carbocycles. The Labute approximate surface area is 113 Å². The van der Waals surface area contributed by atoms with Crippen LogP contribution in [0.3, 0.4) is 0 Å². The highest BCUT2D eigenvalue weighted by Gasteiger charge is 2.17. The molecule has 1 heterocycles. The highest BCUT2D eigenvalue weighted by Crippen LogP contribution is 2.25. The average Bonchev–Trinajstić information content (AvgIpc) is 2.69. The number of non-ortho nitro benzene ring substituents is 1. The van der Waals surface area contributed by atoms with Gasteiger partial charge in [-0.1, -0.05) is 0 Å². The van der Waals surface area contributed by atoms with Crippen LogP contribution >= 0.6 is 0 Å². The topological polar surface area (TPSA) is 73.0 Å². The van der Waals surface area contributed by atoms with Gasteiger partial charge in [0.1, 0.15) is 5.69 Å². The van der Waals surface area contributed by atoms with Crippen molar-refractivity contribution in [3.8, 4) is 0 Å². The van der Waals surface area contributed by atoms with Crippen LogP contribution in [-0.4, -0.2) is 14.7 Å². The number of aromatic nitrogens is 2. The van der Waals surface area contributed by atoms with Gasteiger partial charge < -0.3 is 5.32 Å². The van der Waals surface area contributed by atoms with Crippen molar-refractivity contribution in [1.29, 1.82) is 0 Å². The number of hydrogen-bond donors (Lipinski definition) is 1. The lowest BCUT2D eigenvalue weighted by molar-refractivity contribution is -0.385. The zero-order valence-corrected chi connectivity index (χ0v) is 10.9.